The summed E-state index contributed by atoms with van der Waals surface area (Å²) in [6.45, 7) is 27.5. The molecule has 35 heteroatoms. The number of carboxylic acids is 1. The van der Waals surface area contributed by atoms with Crippen molar-refractivity contribution < 1.29 is 110 Å². The Morgan fingerprint density at radius 1 is 0.512 bits per heavy atom. The Hall–Kier alpha value is -12.3. The largest absolute Gasteiger partial charge is 0.555 e. The molecule has 4 radical (unpaired) electrons. The van der Waals surface area contributed by atoms with Crippen LogP contribution in [-0.2, 0) is 111 Å². The third kappa shape index (κ3) is 42.6. The van der Waals surface area contributed by atoms with Crippen molar-refractivity contribution in [3.63, 3.8) is 0 Å². The average Bonchev–Trinajstić information content (AvgIpc) is 0.865. The lowest BCUT2D eigenvalue weighted by Gasteiger charge is -2.24. The van der Waals surface area contributed by atoms with E-state index in [-0.39, 0.29) is 85.3 Å². The summed E-state index contributed by atoms with van der Waals surface area (Å²) in [7, 11) is 8.86. The van der Waals surface area contributed by atoms with Crippen molar-refractivity contribution in [3.05, 3.63) is 182 Å². The Morgan fingerprint density at radius 3 is 1.22 bits per heavy atom. The smallest absolute Gasteiger partial charge is 0.384 e. The first-order valence-electron chi connectivity index (χ1n) is 41.0. The maximum atomic E-state index is 13.1. The SMILES string of the molecule is C=CCOc1ccc(C[C@H]([B]OC=N)C(=O)N[C@@H](CC(C)C)C(=O)C[C@@H](C=C)C(=O)OC)cc1.C=CCOc1ccc(C[C@H]([B]OC=N)C(=O)N[C@@H](CC(C)C)C(=O)O)cc1.COC(=O)[C@@H]1/C=C/COc2ccc(cc2)C[C@H]([B]OC=N)C(=O)N[C@@H](CC(C)C)C(=O)C1.COC(=O)[C@@H]1C=CCOc2ccc(cc2)C[C@H]([B]OC=N)C(=O)N[C@@H](CC(C)C)C(=O)C1. The Balaban J connectivity index is 0.000000431. The number of carboxylic acid groups (broad SMARTS) is 1. The molecule has 4 bridgehead atoms. The van der Waals surface area contributed by atoms with E-state index in [4.69, 9.17) is 73.4 Å². The Morgan fingerprint density at radius 2 is 0.888 bits per heavy atom. The number of carbonyl (C=O) groups excluding carboxylic acids is 10. The van der Waals surface area contributed by atoms with Crippen molar-refractivity contribution in [2.75, 3.05) is 47.8 Å². The van der Waals surface area contributed by atoms with Crippen LogP contribution in [0.4, 0.5) is 0 Å². The molecule has 4 aromatic rings. The highest BCUT2D eigenvalue weighted by Gasteiger charge is 2.36. The molecule has 11 atom stereocenters. The summed E-state index contributed by atoms with van der Waals surface area (Å²) in [5, 5.41) is 48.6. The molecule has 4 heterocycles. The van der Waals surface area contributed by atoms with Crippen LogP contribution in [0.1, 0.15) is 123 Å². The second-order valence-electron chi connectivity index (χ2n) is 30.8. The fourth-order valence-electron chi connectivity index (χ4n) is 12.6. The van der Waals surface area contributed by atoms with E-state index in [0.717, 1.165) is 47.9 Å². The number of ketones is 3. The van der Waals surface area contributed by atoms with Gasteiger partial charge in [0.05, 0.1) is 80.5 Å². The zero-order valence-electron chi connectivity index (χ0n) is 73.2. The van der Waals surface area contributed by atoms with E-state index >= 15 is 0 Å². The van der Waals surface area contributed by atoms with Crippen LogP contribution < -0.4 is 40.2 Å². The summed E-state index contributed by atoms with van der Waals surface area (Å²) >= 11 is 0. The number of rotatable bonds is 42. The number of methoxy groups -OCH3 is 3. The van der Waals surface area contributed by atoms with Crippen molar-refractivity contribution in [2.45, 2.75) is 173 Å². The maximum Gasteiger partial charge on any atom is 0.384 e. The molecule has 4 aliphatic rings. The second-order valence-corrected chi connectivity index (χ2v) is 30.8. The van der Waals surface area contributed by atoms with Crippen LogP contribution in [0.3, 0.4) is 0 Å². The molecule has 0 aromatic heterocycles. The Labute approximate surface area is 736 Å². The first-order valence-corrected chi connectivity index (χ1v) is 41.0. The van der Waals surface area contributed by atoms with Crippen LogP contribution >= 0.6 is 0 Å². The summed E-state index contributed by atoms with van der Waals surface area (Å²) in [5.74, 6) is -7.22. The number of aliphatic carboxylic acids is 1. The molecule has 4 aliphatic heterocycles. The molecule has 0 saturated heterocycles. The topological polar surface area (TPSA) is 453 Å². The lowest BCUT2D eigenvalue weighted by molar-refractivity contribution is -0.146. The Bertz CT molecular complexity index is 4030. The normalized spacial score (nSPS) is 17.8. The van der Waals surface area contributed by atoms with E-state index in [1.165, 1.54) is 57.3 Å². The highest BCUT2D eigenvalue weighted by molar-refractivity contribution is 6.41. The van der Waals surface area contributed by atoms with Gasteiger partial charge in [-0.25, -0.2) is 4.79 Å². The minimum absolute atomic E-state index is 0.0973. The molecule has 31 nitrogen and oxygen atoms in total. The molecule has 9 N–H and O–H groups in total. The molecule has 4 aromatic carbocycles. The zero-order chi connectivity index (χ0) is 92.8. The van der Waals surface area contributed by atoms with Crippen molar-refractivity contribution in [2.24, 2.45) is 41.4 Å². The number of hydrogen-bond donors (Lipinski definition) is 9. The summed E-state index contributed by atoms with van der Waals surface area (Å²) < 4.78 is 56.4. The number of Topliss-reactive ketones (excluding diaryl/α,β-unsaturated/α-hetero) is 3. The minimum Gasteiger partial charge on any atom is -0.555 e. The predicted octanol–water partition coefficient (Wildman–Crippen LogP) is 10.7. The molecule has 0 fully saturated rings. The first kappa shape index (κ1) is 107. The van der Waals surface area contributed by atoms with E-state index in [1.807, 2.05) is 104 Å². The van der Waals surface area contributed by atoms with Crippen LogP contribution in [0.5, 0.6) is 23.0 Å². The molecular weight excluding hydrogens is 1600 g/mol. The van der Waals surface area contributed by atoms with Gasteiger partial charge in [0, 0.05) is 19.3 Å². The van der Waals surface area contributed by atoms with Gasteiger partial charge in [-0.1, -0.05) is 160 Å². The summed E-state index contributed by atoms with van der Waals surface area (Å²) in [4.78, 5) is 139. The Kier molecular flexibility index (Phi) is 51.5. The molecule has 125 heavy (non-hydrogen) atoms. The average molecular weight is 1730 g/mol. The van der Waals surface area contributed by atoms with E-state index in [0.29, 0.717) is 87.6 Å². The molecule has 0 saturated carbocycles. The number of carbonyl (C=O) groups is 11. The van der Waals surface area contributed by atoms with Crippen molar-refractivity contribution in [3.8, 4) is 23.0 Å². The van der Waals surface area contributed by atoms with Crippen LogP contribution in [0.2, 0.25) is 23.3 Å². The summed E-state index contributed by atoms with van der Waals surface area (Å²) in [6.07, 6.45) is 16.7. The second kappa shape index (κ2) is 60.3. The van der Waals surface area contributed by atoms with Gasteiger partial charge in [-0.2, -0.15) is 0 Å². The van der Waals surface area contributed by atoms with Gasteiger partial charge in [-0.05, 0) is 146 Å². The van der Waals surface area contributed by atoms with Crippen LogP contribution in [0.15, 0.2) is 159 Å². The number of amides is 4. The highest BCUT2D eigenvalue weighted by atomic mass is 16.5. The van der Waals surface area contributed by atoms with E-state index in [9.17, 15) is 57.8 Å². The number of benzene rings is 4. The fraction of sp³-hybridized carbons (Fsp3) is 0.456. The van der Waals surface area contributed by atoms with Gasteiger partial charge in [0.1, 0.15) is 81.1 Å². The highest BCUT2D eigenvalue weighted by Crippen LogP contribution is 2.27. The standard InChI is InChI=1S/C25H34BN2O6.2C23H30BN2O6.C19H26BN2O5/c1-6-12-33-20-10-8-18(9-11-20)14-21(26-34-16-27)24(30)28-22(13-17(3)4)23(29)15-19(7-2)25(31)32-5;2*1-15(2)11-20-21(27)13-17(23(29)30-3)5-4-10-31-18-8-6-16(7-9-18)12-19(22(28)26-20)24-32-14-25;1-4-9-26-15-7-5-14(6-8-15)11-16(20-27-12-21)18(23)22-17(19(24)25)10-13(2)3/h6-11,16-17,19,21-22,27H,1-2,12-15H2,3-5H3,(H,28,30);2*4-9,14-15,17,19-20,25H,10-13H2,1-3H3,(H,26,28);4-8,12-13,16-17,21H,1,9-11H2,2-3H3,(H,22,23)(H,24,25)/b;5-4+,25-14?;;/t19-,21+,22+;2*17-,19+,20+;16-,17-/m1110/s1. The van der Waals surface area contributed by atoms with Crippen molar-refractivity contribution in [1.29, 1.82) is 21.6 Å². The van der Waals surface area contributed by atoms with Gasteiger partial charge >= 0.3 is 53.8 Å². The van der Waals surface area contributed by atoms with Crippen molar-refractivity contribution >= 4 is 120 Å². The molecule has 8 rings (SSSR count). The van der Waals surface area contributed by atoms with E-state index in [1.54, 1.807) is 85.0 Å². The first-order chi connectivity index (χ1) is 59.8. The lowest BCUT2D eigenvalue weighted by atomic mass is 9.74. The summed E-state index contributed by atoms with van der Waals surface area (Å²) in [5.41, 5.74) is 3.45. The predicted molar refractivity (Wildman–Crippen MR) is 477 cm³/mol. The van der Waals surface area contributed by atoms with Gasteiger partial charge < -0.3 is 78.1 Å². The molecule has 0 unspecified atom stereocenters. The molecule has 0 spiro atoms. The molecule has 4 amide bonds. The van der Waals surface area contributed by atoms with E-state index < -0.39 is 101 Å². The zero-order valence-corrected chi connectivity index (χ0v) is 73.2. The number of esters is 3. The number of ether oxygens (including phenoxy) is 7. The van der Waals surface area contributed by atoms with Gasteiger partial charge in [0.15, 0.2) is 17.3 Å². The van der Waals surface area contributed by atoms with Gasteiger partial charge in [0.2, 0.25) is 23.6 Å². The molecule has 670 valence electrons. The lowest BCUT2D eigenvalue weighted by Crippen LogP contribution is -2.45. The fourth-order valence-corrected chi connectivity index (χ4v) is 12.6. The number of fused-ring (bicyclic) bond motifs is 24. The third-order valence-electron chi connectivity index (χ3n) is 18.9. The van der Waals surface area contributed by atoms with Crippen LogP contribution in [-0.4, -0.2) is 197 Å². The quantitative estimate of drug-likeness (QED) is 0.00497. The number of nitrogens with one attached hydrogen (secondary N) is 8. The summed E-state index contributed by atoms with van der Waals surface area (Å²) in [6, 6.07) is 25.7. The minimum atomic E-state index is -1.08. The maximum absolute atomic E-state index is 13.1. The van der Waals surface area contributed by atoms with Crippen LogP contribution in [0.25, 0.3) is 0 Å². The molecular formula is C90H120B4N8O23. The van der Waals surface area contributed by atoms with Gasteiger partial charge in [-0.15, -0.1) is 6.58 Å². The monoisotopic (exact) mass is 1720 g/mol. The van der Waals surface area contributed by atoms with Gasteiger partial charge in [0.25, 0.3) is 0 Å². The van der Waals surface area contributed by atoms with Crippen LogP contribution in [0, 0.1) is 63.1 Å². The van der Waals surface area contributed by atoms with E-state index in [2.05, 4.69) is 41.0 Å². The van der Waals surface area contributed by atoms with Gasteiger partial charge in [-0.3, -0.25) is 69.6 Å². The third-order valence-corrected chi connectivity index (χ3v) is 18.9. The number of hydrogen-bond acceptors (Lipinski definition) is 26. The van der Waals surface area contributed by atoms with Crippen molar-refractivity contribution in [1.82, 2.24) is 21.3 Å². The molecule has 0 aliphatic carbocycles.